The van der Waals surface area contributed by atoms with E-state index >= 15 is 0 Å². The summed E-state index contributed by atoms with van der Waals surface area (Å²) in [6.07, 6.45) is 3.10. The van der Waals surface area contributed by atoms with Crippen LogP contribution in [0.25, 0.3) is 0 Å². The van der Waals surface area contributed by atoms with Gasteiger partial charge in [-0.2, -0.15) is 0 Å². The number of aromatic carboxylic acids is 1. The summed E-state index contributed by atoms with van der Waals surface area (Å²) >= 11 is 0. The Morgan fingerprint density at radius 2 is 2.10 bits per heavy atom. The Hall–Kier alpha value is -1.74. The zero-order valence-corrected chi connectivity index (χ0v) is 12.2. The van der Waals surface area contributed by atoms with E-state index in [1.165, 1.54) is 16.7 Å². The molecule has 0 fully saturated rings. The van der Waals surface area contributed by atoms with Gasteiger partial charge < -0.3 is 10.4 Å². The van der Waals surface area contributed by atoms with Gasteiger partial charge in [0.1, 0.15) is 5.82 Å². The zero-order chi connectivity index (χ0) is 15.2. The van der Waals surface area contributed by atoms with Gasteiger partial charge in [-0.1, -0.05) is 0 Å². The normalized spacial score (nSPS) is 11.6. The highest BCUT2D eigenvalue weighted by Crippen LogP contribution is 2.02. The Kier molecular flexibility index (Phi) is 5.83. The first-order valence-electron chi connectivity index (χ1n) is 6.10. The number of hydrogen-bond acceptors (Lipinski definition) is 6. The molecule has 1 aromatic heterocycles. The Labute approximate surface area is 117 Å². The number of nitrogens with zero attached hydrogens (tertiary/aromatic N) is 3. The van der Waals surface area contributed by atoms with Crippen LogP contribution < -0.4 is 5.32 Å². The fourth-order valence-electron chi connectivity index (χ4n) is 1.41. The molecule has 9 heteroatoms. The minimum atomic E-state index is -3.15. The van der Waals surface area contributed by atoms with E-state index in [-0.39, 0.29) is 11.4 Å². The molecule has 0 bridgehead atoms. The third-order valence-corrected chi connectivity index (χ3v) is 4.53. The Balaban J connectivity index is 2.36. The van der Waals surface area contributed by atoms with Gasteiger partial charge in [-0.25, -0.2) is 27.5 Å². The second-order valence-corrected chi connectivity index (χ2v) is 6.46. The Bertz CT molecular complexity index is 544. The maximum Gasteiger partial charge on any atom is 0.356 e. The first kappa shape index (κ1) is 16.3. The summed E-state index contributed by atoms with van der Waals surface area (Å²) in [5, 5.41) is 11.6. The first-order chi connectivity index (χ1) is 9.36. The molecule has 1 aromatic rings. The number of carboxylic acids is 1. The van der Waals surface area contributed by atoms with E-state index in [0.29, 0.717) is 25.3 Å². The molecule has 0 atom stereocenters. The summed E-state index contributed by atoms with van der Waals surface area (Å²) < 4.78 is 24.3. The second-order valence-electron chi connectivity index (χ2n) is 4.09. The predicted molar refractivity (Wildman–Crippen MR) is 74.2 cm³/mol. The highest BCUT2D eigenvalue weighted by atomic mass is 32.2. The number of carboxylic acid groups (broad SMARTS) is 1. The number of hydrogen-bond donors (Lipinski definition) is 2. The van der Waals surface area contributed by atoms with Crippen LogP contribution in [0.1, 0.15) is 23.8 Å². The minimum Gasteiger partial charge on any atom is -0.476 e. The second kappa shape index (κ2) is 7.15. The van der Waals surface area contributed by atoms with E-state index in [9.17, 15) is 13.2 Å². The minimum absolute atomic E-state index is 0.0824. The highest BCUT2D eigenvalue weighted by Gasteiger charge is 2.13. The number of aromatic nitrogens is 2. The van der Waals surface area contributed by atoms with E-state index in [2.05, 4.69) is 15.3 Å². The molecule has 0 amide bonds. The van der Waals surface area contributed by atoms with Gasteiger partial charge in [-0.3, -0.25) is 0 Å². The third-order valence-electron chi connectivity index (χ3n) is 2.67. The van der Waals surface area contributed by atoms with Gasteiger partial charge in [-0.15, -0.1) is 0 Å². The molecular formula is C11H18N4O4S. The van der Waals surface area contributed by atoms with E-state index in [4.69, 9.17) is 5.11 Å². The van der Waals surface area contributed by atoms with Crippen molar-refractivity contribution in [1.29, 1.82) is 0 Å². The van der Waals surface area contributed by atoms with E-state index in [0.717, 1.165) is 0 Å². The van der Waals surface area contributed by atoms with Gasteiger partial charge >= 0.3 is 5.97 Å². The van der Waals surface area contributed by atoms with Crippen LogP contribution in [0.3, 0.4) is 0 Å². The van der Waals surface area contributed by atoms with Crippen molar-refractivity contribution < 1.29 is 18.3 Å². The molecule has 0 radical (unpaired) electrons. The molecule has 2 N–H and O–H groups in total. The fraction of sp³-hybridized carbons (Fsp3) is 0.545. The molecule has 0 saturated heterocycles. The van der Waals surface area contributed by atoms with Crippen LogP contribution >= 0.6 is 0 Å². The zero-order valence-electron chi connectivity index (χ0n) is 11.4. The van der Waals surface area contributed by atoms with Gasteiger partial charge in [0, 0.05) is 20.1 Å². The van der Waals surface area contributed by atoms with Crippen LogP contribution in [-0.2, 0) is 10.0 Å². The Morgan fingerprint density at radius 1 is 1.40 bits per heavy atom. The molecule has 112 valence electrons. The van der Waals surface area contributed by atoms with Crippen molar-refractivity contribution in [2.75, 3.05) is 31.2 Å². The molecule has 0 aliphatic heterocycles. The lowest BCUT2D eigenvalue weighted by Crippen LogP contribution is -2.30. The number of rotatable bonds is 8. The average molecular weight is 302 g/mol. The maximum atomic E-state index is 11.5. The van der Waals surface area contributed by atoms with Gasteiger partial charge in [-0.05, 0) is 13.3 Å². The first-order valence-corrected chi connectivity index (χ1v) is 7.71. The molecule has 0 saturated carbocycles. The number of nitrogens with one attached hydrogen (secondary N) is 1. The van der Waals surface area contributed by atoms with Gasteiger partial charge in [0.25, 0.3) is 0 Å². The summed E-state index contributed by atoms with van der Waals surface area (Å²) in [5.74, 6) is -0.592. The lowest BCUT2D eigenvalue weighted by Gasteiger charge is -2.15. The number of anilines is 1. The highest BCUT2D eigenvalue weighted by molar-refractivity contribution is 7.89. The van der Waals surface area contributed by atoms with Crippen molar-refractivity contribution in [3.05, 3.63) is 18.1 Å². The Morgan fingerprint density at radius 3 is 2.60 bits per heavy atom. The van der Waals surface area contributed by atoms with Crippen molar-refractivity contribution >= 4 is 21.8 Å². The van der Waals surface area contributed by atoms with Crippen molar-refractivity contribution in [3.63, 3.8) is 0 Å². The van der Waals surface area contributed by atoms with E-state index in [1.54, 1.807) is 14.0 Å². The summed E-state index contributed by atoms with van der Waals surface area (Å²) in [6, 6.07) is 0. The van der Waals surface area contributed by atoms with Gasteiger partial charge in [0.15, 0.2) is 5.69 Å². The van der Waals surface area contributed by atoms with Crippen molar-refractivity contribution in [2.45, 2.75) is 13.3 Å². The van der Waals surface area contributed by atoms with Gasteiger partial charge in [0.2, 0.25) is 10.0 Å². The average Bonchev–Trinajstić information content (AvgIpc) is 2.43. The van der Waals surface area contributed by atoms with Crippen LogP contribution in [0.15, 0.2) is 12.4 Å². The van der Waals surface area contributed by atoms with Crippen LogP contribution in [0.4, 0.5) is 5.82 Å². The molecule has 0 aliphatic carbocycles. The van der Waals surface area contributed by atoms with Crippen molar-refractivity contribution in [1.82, 2.24) is 14.3 Å². The molecule has 0 unspecified atom stereocenters. The lowest BCUT2D eigenvalue weighted by molar-refractivity contribution is 0.0690. The molecule has 0 spiro atoms. The number of carbonyl (C=O) groups is 1. The molecule has 1 rings (SSSR count). The topological polar surface area (TPSA) is 112 Å². The molecule has 1 heterocycles. The van der Waals surface area contributed by atoms with Crippen LogP contribution in [0.2, 0.25) is 0 Å². The number of sulfonamides is 1. The van der Waals surface area contributed by atoms with Crippen molar-refractivity contribution in [3.8, 4) is 0 Å². The summed E-state index contributed by atoms with van der Waals surface area (Å²) in [4.78, 5) is 18.2. The monoisotopic (exact) mass is 302 g/mol. The van der Waals surface area contributed by atoms with E-state index < -0.39 is 16.0 Å². The standard InChI is InChI=1S/C11H18N4O4S/c1-3-20(18,19)15(2)6-4-5-12-10-8-13-9(7-14-10)11(16)17/h7-8H,3-6H2,1-2H3,(H,12,14)(H,16,17). The molecule has 8 nitrogen and oxygen atoms in total. The third kappa shape index (κ3) is 4.74. The van der Waals surface area contributed by atoms with Crippen LogP contribution in [-0.4, -0.2) is 59.7 Å². The SMILES string of the molecule is CCS(=O)(=O)N(C)CCCNc1cnc(C(=O)O)cn1. The smallest absolute Gasteiger partial charge is 0.356 e. The lowest BCUT2D eigenvalue weighted by atomic mass is 10.4. The largest absolute Gasteiger partial charge is 0.476 e. The quantitative estimate of drug-likeness (QED) is 0.662. The molecular weight excluding hydrogens is 284 g/mol. The molecule has 0 aliphatic rings. The predicted octanol–water partition coefficient (Wildman–Crippen LogP) is 0.258. The van der Waals surface area contributed by atoms with Crippen LogP contribution in [0, 0.1) is 0 Å². The summed E-state index contributed by atoms with van der Waals surface area (Å²) in [6.45, 7) is 2.53. The summed E-state index contributed by atoms with van der Waals surface area (Å²) in [7, 11) is -1.60. The fourth-order valence-corrected chi connectivity index (χ4v) is 2.26. The van der Waals surface area contributed by atoms with Crippen molar-refractivity contribution in [2.24, 2.45) is 0 Å². The maximum absolute atomic E-state index is 11.5. The van der Waals surface area contributed by atoms with Gasteiger partial charge in [0.05, 0.1) is 18.1 Å². The molecule has 0 aromatic carbocycles. The van der Waals surface area contributed by atoms with Crippen LogP contribution in [0.5, 0.6) is 0 Å². The molecule has 20 heavy (non-hydrogen) atoms. The van der Waals surface area contributed by atoms with E-state index in [1.807, 2.05) is 0 Å². The summed E-state index contributed by atoms with van der Waals surface area (Å²) in [5.41, 5.74) is -0.121.